The summed E-state index contributed by atoms with van der Waals surface area (Å²) in [5.74, 6) is 4.58. The average Bonchev–Trinajstić information content (AvgIpc) is 3.77. The van der Waals surface area contributed by atoms with Crippen LogP contribution in [0.3, 0.4) is 0 Å². The highest BCUT2D eigenvalue weighted by molar-refractivity contribution is 5.83. The summed E-state index contributed by atoms with van der Waals surface area (Å²) in [6.45, 7) is 16.2. The maximum atomic E-state index is 6.50. The second-order valence-electron chi connectivity index (χ2n) is 13.3. The minimum Gasteiger partial charge on any atom is -0.494 e. The van der Waals surface area contributed by atoms with Gasteiger partial charge in [0, 0.05) is 36.3 Å². The highest BCUT2D eigenvalue weighted by Gasteiger charge is 2.23. The van der Waals surface area contributed by atoms with E-state index in [1.165, 1.54) is 0 Å². The molecular formula is C44H58N4O6. The predicted molar refractivity (Wildman–Crippen MR) is 216 cm³/mol. The Hall–Kier alpha value is -5.12. The predicted octanol–water partition coefficient (Wildman–Crippen LogP) is 10.6. The van der Waals surface area contributed by atoms with Crippen molar-refractivity contribution in [3.63, 3.8) is 0 Å². The third-order valence-corrected chi connectivity index (χ3v) is 8.64. The Balaban J connectivity index is 1.63. The zero-order valence-corrected chi connectivity index (χ0v) is 33.5. The van der Waals surface area contributed by atoms with Crippen LogP contribution in [0, 0.1) is 0 Å². The standard InChI is InChI=1S/C44H58N4O6/c1-9-19-49-31-15-17-41(51-21-11-3)33(25-31)37-29-40(48(8)45-37)36-28-43(53-23-13-5)34(27-44(36)54-24-14-6)38-30-39(47(7)46-38)35-26-32(50-20-10-2)16-18-42(35)52-22-12-4/h15-18,25-30H,9-14,19-24H2,1-8H3. The van der Waals surface area contributed by atoms with Gasteiger partial charge in [-0.15, -0.1) is 0 Å². The third kappa shape index (κ3) is 9.70. The van der Waals surface area contributed by atoms with E-state index in [2.05, 4.69) is 65.8 Å². The molecule has 2 heterocycles. The molecule has 5 rings (SSSR count). The van der Waals surface area contributed by atoms with Crippen molar-refractivity contribution < 1.29 is 28.4 Å². The van der Waals surface area contributed by atoms with Crippen molar-refractivity contribution in [2.45, 2.75) is 80.1 Å². The van der Waals surface area contributed by atoms with Crippen LogP contribution in [0.4, 0.5) is 0 Å². The Morgan fingerprint density at radius 1 is 0.389 bits per heavy atom. The van der Waals surface area contributed by atoms with Gasteiger partial charge < -0.3 is 28.4 Å². The molecule has 3 aromatic carbocycles. The van der Waals surface area contributed by atoms with Gasteiger partial charge in [-0.1, -0.05) is 41.5 Å². The maximum absolute atomic E-state index is 6.50. The van der Waals surface area contributed by atoms with E-state index >= 15 is 0 Å². The largest absolute Gasteiger partial charge is 0.494 e. The third-order valence-electron chi connectivity index (χ3n) is 8.64. The summed E-state index contributed by atoms with van der Waals surface area (Å²) in [6.07, 6.45) is 5.36. The summed E-state index contributed by atoms with van der Waals surface area (Å²) >= 11 is 0. The number of hydrogen-bond donors (Lipinski definition) is 0. The lowest BCUT2D eigenvalue weighted by molar-refractivity contribution is 0.309. The Morgan fingerprint density at radius 2 is 0.722 bits per heavy atom. The van der Waals surface area contributed by atoms with E-state index in [-0.39, 0.29) is 0 Å². The topological polar surface area (TPSA) is 91.0 Å². The van der Waals surface area contributed by atoms with E-state index in [0.29, 0.717) is 45.4 Å². The highest BCUT2D eigenvalue weighted by atomic mass is 16.5. The van der Waals surface area contributed by atoms with Crippen LogP contribution < -0.4 is 28.4 Å². The molecule has 0 aliphatic heterocycles. The van der Waals surface area contributed by atoms with Gasteiger partial charge in [0.2, 0.25) is 0 Å². The average molecular weight is 739 g/mol. The van der Waals surface area contributed by atoms with Crippen molar-refractivity contribution in [1.29, 1.82) is 0 Å². The van der Waals surface area contributed by atoms with Crippen LogP contribution in [0.2, 0.25) is 0 Å². The summed E-state index contributed by atoms with van der Waals surface area (Å²) in [5.41, 5.74) is 6.84. The van der Waals surface area contributed by atoms with Gasteiger partial charge in [0.05, 0.1) is 62.4 Å². The second kappa shape index (κ2) is 19.8. The first-order chi connectivity index (χ1) is 26.3. The second-order valence-corrected chi connectivity index (χ2v) is 13.3. The summed E-state index contributed by atoms with van der Waals surface area (Å²) in [5, 5.41) is 10.0. The summed E-state index contributed by atoms with van der Waals surface area (Å²) < 4.78 is 41.2. The van der Waals surface area contributed by atoms with Gasteiger partial charge in [-0.05, 0) is 99.2 Å². The van der Waals surface area contributed by atoms with E-state index in [1.54, 1.807) is 0 Å². The number of aryl methyl sites for hydroxylation is 2. The lowest BCUT2D eigenvalue weighted by atomic mass is 10.0. The molecule has 0 unspecified atom stereocenters. The van der Waals surface area contributed by atoms with Crippen LogP contribution in [0.5, 0.6) is 34.5 Å². The van der Waals surface area contributed by atoms with Gasteiger partial charge in [0.15, 0.2) is 0 Å². The lowest BCUT2D eigenvalue weighted by Gasteiger charge is -2.17. The fourth-order valence-electron chi connectivity index (χ4n) is 6.04. The minimum absolute atomic E-state index is 0.548. The Kier molecular flexibility index (Phi) is 14.7. The maximum Gasteiger partial charge on any atom is 0.129 e. The van der Waals surface area contributed by atoms with E-state index in [4.69, 9.17) is 38.6 Å². The fourth-order valence-corrected chi connectivity index (χ4v) is 6.04. The number of aromatic nitrogens is 4. The molecule has 10 nitrogen and oxygen atoms in total. The quantitative estimate of drug-likeness (QED) is 0.0693. The fraction of sp³-hybridized carbons (Fsp3) is 0.455. The number of ether oxygens (including phenoxy) is 6. The zero-order valence-electron chi connectivity index (χ0n) is 33.5. The van der Waals surface area contributed by atoms with Gasteiger partial charge in [-0.2, -0.15) is 10.2 Å². The Bertz CT molecular complexity index is 1950. The molecule has 0 fully saturated rings. The smallest absolute Gasteiger partial charge is 0.129 e. The van der Waals surface area contributed by atoms with Crippen molar-refractivity contribution in [3.8, 4) is 79.5 Å². The molecule has 5 aromatic rings. The van der Waals surface area contributed by atoms with Gasteiger partial charge >= 0.3 is 0 Å². The molecule has 0 saturated heterocycles. The highest BCUT2D eigenvalue weighted by Crippen LogP contribution is 2.44. The molecule has 0 atom stereocenters. The molecule has 0 aliphatic carbocycles. The molecule has 2 aromatic heterocycles. The zero-order chi connectivity index (χ0) is 38.5. The van der Waals surface area contributed by atoms with Gasteiger partial charge in [-0.25, -0.2) is 0 Å². The molecule has 0 bridgehead atoms. The molecule has 0 N–H and O–H groups in total. The Morgan fingerprint density at radius 3 is 1.19 bits per heavy atom. The van der Waals surface area contributed by atoms with Crippen LogP contribution in [0.15, 0.2) is 60.7 Å². The van der Waals surface area contributed by atoms with Gasteiger partial charge in [0.25, 0.3) is 0 Å². The van der Waals surface area contributed by atoms with Crippen molar-refractivity contribution >= 4 is 0 Å². The summed E-state index contributed by atoms with van der Waals surface area (Å²) in [7, 11) is 3.91. The monoisotopic (exact) mass is 738 g/mol. The first kappa shape index (κ1) is 40.1. The molecule has 0 saturated carbocycles. The minimum atomic E-state index is 0.548. The van der Waals surface area contributed by atoms with Crippen molar-refractivity contribution in [3.05, 3.63) is 60.7 Å². The molecule has 10 heteroatoms. The van der Waals surface area contributed by atoms with E-state index in [9.17, 15) is 0 Å². The Labute approximate surface area is 321 Å². The van der Waals surface area contributed by atoms with Crippen molar-refractivity contribution in [2.24, 2.45) is 14.1 Å². The van der Waals surface area contributed by atoms with Crippen LogP contribution in [0.1, 0.15) is 80.1 Å². The van der Waals surface area contributed by atoms with E-state index < -0.39 is 0 Å². The van der Waals surface area contributed by atoms with E-state index in [1.807, 2.05) is 59.9 Å². The van der Waals surface area contributed by atoms with Crippen molar-refractivity contribution in [1.82, 2.24) is 19.6 Å². The van der Waals surface area contributed by atoms with Gasteiger partial charge in [-0.3, -0.25) is 9.36 Å². The van der Waals surface area contributed by atoms with E-state index in [0.717, 1.165) is 112 Å². The van der Waals surface area contributed by atoms with Crippen LogP contribution in [0.25, 0.3) is 45.0 Å². The van der Waals surface area contributed by atoms with Gasteiger partial charge in [0.1, 0.15) is 34.5 Å². The summed E-state index contributed by atoms with van der Waals surface area (Å²) in [4.78, 5) is 0. The molecule has 0 spiro atoms. The first-order valence-electron chi connectivity index (χ1n) is 19.7. The molecule has 290 valence electrons. The molecular weight excluding hydrogens is 681 g/mol. The molecule has 0 amide bonds. The number of nitrogens with zero attached hydrogens (tertiary/aromatic N) is 4. The van der Waals surface area contributed by atoms with Crippen LogP contribution in [-0.4, -0.2) is 59.2 Å². The number of benzene rings is 3. The SMILES string of the molecule is CCCOc1ccc(OCCC)c(-c2cc(-c3cc(OCCC)c(-c4cc(-c5cc(OCCC)ccc5OCCC)n(C)n4)cc3OCCC)n(C)n2)c1. The first-order valence-corrected chi connectivity index (χ1v) is 19.7. The molecule has 54 heavy (non-hydrogen) atoms. The van der Waals surface area contributed by atoms with Crippen LogP contribution >= 0.6 is 0 Å². The van der Waals surface area contributed by atoms with Crippen LogP contribution in [-0.2, 0) is 14.1 Å². The molecule has 0 radical (unpaired) electrons. The normalized spacial score (nSPS) is 11.1. The number of hydrogen-bond acceptors (Lipinski definition) is 8. The number of rotatable bonds is 22. The summed E-state index contributed by atoms with van der Waals surface area (Å²) in [6, 6.07) is 20.2. The molecule has 0 aliphatic rings. The van der Waals surface area contributed by atoms with Crippen molar-refractivity contribution in [2.75, 3.05) is 39.6 Å². The lowest BCUT2D eigenvalue weighted by Crippen LogP contribution is -2.03.